The Balaban J connectivity index is 1.52. The summed E-state index contributed by atoms with van der Waals surface area (Å²) in [6.07, 6.45) is 9.97. The molecule has 0 bridgehead atoms. The third-order valence-electron chi connectivity index (χ3n) is 8.14. The van der Waals surface area contributed by atoms with Crippen LogP contribution in [0.2, 0.25) is 0 Å². The Labute approximate surface area is 192 Å². The minimum atomic E-state index is -1.02. The van der Waals surface area contributed by atoms with Crippen molar-refractivity contribution in [2.45, 2.75) is 58.3 Å². The lowest BCUT2D eigenvalue weighted by Gasteiger charge is -2.50. The number of aromatic carboxylic acids is 1. The molecule has 0 spiro atoms. The van der Waals surface area contributed by atoms with Gasteiger partial charge in [0.25, 0.3) is 0 Å². The van der Waals surface area contributed by atoms with Gasteiger partial charge < -0.3 is 9.84 Å². The van der Waals surface area contributed by atoms with Crippen LogP contribution in [0.1, 0.15) is 78.9 Å². The molecule has 0 amide bonds. The Bertz CT molecular complexity index is 1170. The van der Waals surface area contributed by atoms with Crippen molar-refractivity contribution in [1.82, 2.24) is 4.98 Å². The number of carbonyl (C=O) groups excluding carboxylic acids is 1. The number of carbonyl (C=O) groups is 2. The number of pyridine rings is 1. The molecule has 1 aromatic carbocycles. The van der Waals surface area contributed by atoms with Crippen LogP contribution in [0.15, 0.2) is 36.7 Å². The number of aromatic nitrogens is 1. The fraction of sp³-hybridized carbons (Fsp3) is 0.444. The van der Waals surface area contributed by atoms with Gasteiger partial charge in [0.2, 0.25) is 0 Å². The van der Waals surface area contributed by atoms with Gasteiger partial charge in [-0.25, -0.2) is 9.18 Å². The molecule has 0 saturated heterocycles. The fourth-order valence-corrected chi connectivity index (χ4v) is 6.66. The molecule has 3 aliphatic carbocycles. The quantitative estimate of drug-likeness (QED) is 0.473. The van der Waals surface area contributed by atoms with E-state index in [0.29, 0.717) is 17.6 Å². The molecule has 2 aromatic rings. The van der Waals surface area contributed by atoms with Gasteiger partial charge in [0.15, 0.2) is 0 Å². The first-order valence-electron chi connectivity index (χ1n) is 11.7. The fourth-order valence-electron chi connectivity index (χ4n) is 6.66. The maximum atomic E-state index is 13.9. The Hall–Kier alpha value is -3.02. The third-order valence-corrected chi connectivity index (χ3v) is 8.14. The van der Waals surface area contributed by atoms with E-state index in [-0.39, 0.29) is 35.1 Å². The molecule has 5 nitrogen and oxygen atoms in total. The summed E-state index contributed by atoms with van der Waals surface area (Å²) in [5.41, 5.74) is 4.14. The molecule has 1 saturated carbocycles. The van der Waals surface area contributed by atoms with Gasteiger partial charge in [-0.05, 0) is 90.2 Å². The smallest absolute Gasteiger partial charge is 0.335 e. The largest absolute Gasteiger partial charge is 0.478 e. The van der Waals surface area contributed by atoms with E-state index in [1.54, 1.807) is 25.3 Å². The van der Waals surface area contributed by atoms with Crippen LogP contribution in [0.5, 0.6) is 5.75 Å². The summed E-state index contributed by atoms with van der Waals surface area (Å²) < 4.78 is 19.6. The van der Waals surface area contributed by atoms with Gasteiger partial charge in [-0.1, -0.05) is 19.9 Å². The number of rotatable bonds is 4. The summed E-state index contributed by atoms with van der Waals surface area (Å²) in [4.78, 5) is 27.9. The maximum absolute atomic E-state index is 13.9. The van der Waals surface area contributed by atoms with Crippen molar-refractivity contribution < 1.29 is 23.8 Å². The number of esters is 1. The second kappa shape index (κ2) is 8.08. The van der Waals surface area contributed by atoms with Crippen molar-refractivity contribution in [3.63, 3.8) is 0 Å². The number of fused-ring (bicyclic) bond motifs is 5. The van der Waals surface area contributed by atoms with Crippen LogP contribution < -0.4 is 4.74 Å². The molecular weight excluding hydrogens is 421 g/mol. The highest BCUT2D eigenvalue weighted by Gasteiger charge is 2.52. The van der Waals surface area contributed by atoms with Crippen molar-refractivity contribution in [3.8, 4) is 5.75 Å². The van der Waals surface area contributed by atoms with E-state index in [0.717, 1.165) is 48.8 Å². The number of ether oxygens (including phenoxy) is 1. The standard InChI is InChI=1S/C27H28FNO4/c1-3-24(30)33-23-12-16(26(31)32)10-15-4-5-19-20(25(15)23)8-9-27(2)21(6-7-22(19)27)17-11-18(28)14-29-13-17/h6,10-14,19-20,22H,3-5,7-9H2,1-2H3,(H,31,32)/t19-,20+,22+,27-/m1/s1. The van der Waals surface area contributed by atoms with E-state index in [1.807, 2.05) is 0 Å². The second-order valence-electron chi connectivity index (χ2n) is 9.80. The maximum Gasteiger partial charge on any atom is 0.335 e. The van der Waals surface area contributed by atoms with E-state index < -0.39 is 5.97 Å². The van der Waals surface area contributed by atoms with Gasteiger partial charge in [0.05, 0.1) is 11.8 Å². The van der Waals surface area contributed by atoms with Gasteiger partial charge >= 0.3 is 11.9 Å². The normalized spacial score (nSPS) is 27.7. The highest BCUT2D eigenvalue weighted by Crippen LogP contribution is 2.63. The molecule has 6 heteroatoms. The lowest BCUT2D eigenvalue weighted by molar-refractivity contribution is -0.134. The number of benzene rings is 1. The van der Waals surface area contributed by atoms with Crippen LogP contribution in [0.4, 0.5) is 4.39 Å². The van der Waals surface area contributed by atoms with Gasteiger partial charge in [-0.15, -0.1) is 0 Å². The van der Waals surface area contributed by atoms with Crippen molar-refractivity contribution in [3.05, 3.63) is 64.7 Å². The SMILES string of the molecule is CCC(=O)Oc1cc(C(=O)O)cc2c1[C@H]1CC[C@]3(C)C(c4cncc(F)c4)=CC[C@H]3[C@@H]1CC2. The number of allylic oxidation sites excluding steroid dienone is 2. The third kappa shape index (κ3) is 3.56. The summed E-state index contributed by atoms with van der Waals surface area (Å²) >= 11 is 0. The average Bonchev–Trinajstić information content (AvgIpc) is 3.15. The average molecular weight is 450 g/mol. The number of carboxylic acid groups (broad SMARTS) is 1. The Morgan fingerprint density at radius 3 is 2.79 bits per heavy atom. The number of nitrogens with zero attached hydrogens (tertiary/aromatic N) is 1. The van der Waals surface area contributed by atoms with E-state index in [9.17, 15) is 19.1 Å². The molecule has 0 radical (unpaired) electrons. The zero-order chi connectivity index (χ0) is 23.3. The number of halogens is 1. The number of hydrogen-bond acceptors (Lipinski definition) is 4. The molecular formula is C27H28FNO4. The lowest BCUT2D eigenvalue weighted by atomic mass is 9.54. The topological polar surface area (TPSA) is 76.5 Å². The molecule has 1 N–H and O–H groups in total. The van der Waals surface area contributed by atoms with Crippen molar-refractivity contribution in [2.75, 3.05) is 0 Å². The first kappa shape index (κ1) is 21.8. The molecule has 1 aromatic heterocycles. The Morgan fingerprint density at radius 1 is 1.24 bits per heavy atom. The first-order valence-corrected chi connectivity index (χ1v) is 11.7. The first-order chi connectivity index (χ1) is 15.8. The van der Waals surface area contributed by atoms with Crippen LogP contribution in [-0.4, -0.2) is 22.0 Å². The minimum absolute atomic E-state index is 0.0601. The highest BCUT2D eigenvalue weighted by atomic mass is 19.1. The summed E-state index contributed by atoms with van der Waals surface area (Å²) in [5, 5.41) is 9.57. The van der Waals surface area contributed by atoms with E-state index in [4.69, 9.17) is 4.74 Å². The van der Waals surface area contributed by atoms with Crippen molar-refractivity contribution in [2.24, 2.45) is 17.3 Å². The molecule has 1 fully saturated rings. The molecule has 5 rings (SSSR count). The van der Waals surface area contributed by atoms with Gasteiger partial charge in [0.1, 0.15) is 11.6 Å². The predicted octanol–water partition coefficient (Wildman–Crippen LogP) is 5.78. The molecule has 1 heterocycles. The lowest BCUT2D eigenvalue weighted by Crippen LogP contribution is -2.41. The van der Waals surface area contributed by atoms with Crippen molar-refractivity contribution in [1.29, 1.82) is 0 Å². The van der Waals surface area contributed by atoms with Gasteiger partial charge in [0, 0.05) is 18.2 Å². The molecule has 4 atom stereocenters. The zero-order valence-electron chi connectivity index (χ0n) is 18.9. The summed E-state index contributed by atoms with van der Waals surface area (Å²) in [6, 6.07) is 4.84. The van der Waals surface area contributed by atoms with Gasteiger partial charge in [-0.3, -0.25) is 9.78 Å². The summed E-state index contributed by atoms with van der Waals surface area (Å²) in [5.74, 6) is -0.275. The summed E-state index contributed by atoms with van der Waals surface area (Å²) in [6.45, 7) is 4.02. The van der Waals surface area contributed by atoms with E-state index >= 15 is 0 Å². The number of aryl methyl sites for hydroxylation is 1. The molecule has 33 heavy (non-hydrogen) atoms. The number of hydrogen-bond donors (Lipinski definition) is 1. The molecule has 3 aliphatic rings. The molecule has 0 aliphatic heterocycles. The zero-order valence-corrected chi connectivity index (χ0v) is 18.9. The van der Waals surface area contributed by atoms with Crippen LogP contribution >= 0.6 is 0 Å². The highest BCUT2D eigenvalue weighted by molar-refractivity contribution is 5.89. The molecule has 0 unspecified atom stereocenters. The van der Waals surface area contributed by atoms with Crippen LogP contribution in [0.25, 0.3) is 5.57 Å². The molecule has 172 valence electrons. The minimum Gasteiger partial charge on any atom is -0.478 e. The van der Waals surface area contributed by atoms with Crippen molar-refractivity contribution >= 4 is 17.5 Å². The Kier molecular flexibility index (Phi) is 5.34. The van der Waals surface area contributed by atoms with E-state index in [2.05, 4.69) is 18.0 Å². The summed E-state index contributed by atoms with van der Waals surface area (Å²) in [7, 11) is 0. The van der Waals surface area contributed by atoms with Crippen LogP contribution in [-0.2, 0) is 11.2 Å². The van der Waals surface area contributed by atoms with Gasteiger partial charge in [-0.2, -0.15) is 0 Å². The van der Waals surface area contributed by atoms with E-state index in [1.165, 1.54) is 17.8 Å². The van der Waals surface area contributed by atoms with Crippen LogP contribution in [0, 0.1) is 23.1 Å². The monoisotopic (exact) mass is 449 g/mol. The number of carboxylic acids is 1. The second-order valence-corrected chi connectivity index (χ2v) is 9.80. The Morgan fingerprint density at radius 2 is 2.06 bits per heavy atom. The van der Waals surface area contributed by atoms with Crippen LogP contribution in [0.3, 0.4) is 0 Å². The predicted molar refractivity (Wildman–Crippen MR) is 121 cm³/mol.